The van der Waals surface area contributed by atoms with Crippen molar-refractivity contribution in [2.75, 3.05) is 13.7 Å². The van der Waals surface area contributed by atoms with Crippen molar-refractivity contribution in [3.8, 4) is 0 Å². The standard InChI is InChI=1S/C14H20FNO3/c1-14(2,3)19-13(18)16(4)12(9-17)10-7-5-6-8-11(10)15/h5-8,12,17H,9H2,1-4H3. The molecule has 106 valence electrons. The Labute approximate surface area is 112 Å². The van der Waals surface area contributed by atoms with Crippen molar-refractivity contribution in [3.05, 3.63) is 35.6 Å². The minimum absolute atomic E-state index is 0.262. The number of ether oxygens (including phenoxy) is 1. The van der Waals surface area contributed by atoms with Gasteiger partial charge in [-0.3, -0.25) is 0 Å². The molecule has 0 radical (unpaired) electrons. The fourth-order valence-corrected chi connectivity index (χ4v) is 1.64. The number of aliphatic hydroxyl groups excluding tert-OH is 1. The molecule has 1 aromatic rings. The van der Waals surface area contributed by atoms with Crippen LogP contribution in [0.15, 0.2) is 24.3 Å². The van der Waals surface area contributed by atoms with Gasteiger partial charge in [-0.05, 0) is 26.8 Å². The number of amides is 1. The number of carbonyl (C=O) groups is 1. The number of carbonyl (C=O) groups excluding carboxylic acids is 1. The molecular formula is C14H20FNO3. The van der Waals surface area contributed by atoms with Gasteiger partial charge in [0.05, 0.1) is 12.6 Å². The average molecular weight is 269 g/mol. The molecule has 0 fully saturated rings. The molecule has 1 amide bonds. The average Bonchev–Trinajstić information content (AvgIpc) is 2.30. The third-order valence-electron chi connectivity index (χ3n) is 2.59. The first kappa shape index (κ1) is 15.4. The molecule has 1 rings (SSSR count). The number of nitrogens with zero attached hydrogens (tertiary/aromatic N) is 1. The molecule has 0 aromatic heterocycles. The Morgan fingerprint density at radius 3 is 2.47 bits per heavy atom. The van der Waals surface area contributed by atoms with E-state index in [2.05, 4.69) is 0 Å². The molecule has 0 spiro atoms. The fraction of sp³-hybridized carbons (Fsp3) is 0.500. The summed E-state index contributed by atoms with van der Waals surface area (Å²) in [5, 5.41) is 9.41. The van der Waals surface area contributed by atoms with Crippen LogP contribution in [0.5, 0.6) is 0 Å². The zero-order valence-electron chi connectivity index (χ0n) is 11.7. The summed E-state index contributed by atoms with van der Waals surface area (Å²) in [5.41, 5.74) is -0.376. The highest BCUT2D eigenvalue weighted by molar-refractivity contribution is 5.68. The van der Waals surface area contributed by atoms with Crippen LogP contribution >= 0.6 is 0 Å². The molecule has 19 heavy (non-hydrogen) atoms. The van der Waals surface area contributed by atoms with Crippen LogP contribution < -0.4 is 0 Å². The van der Waals surface area contributed by atoms with Crippen LogP contribution in [0, 0.1) is 5.82 Å². The molecule has 0 saturated heterocycles. The molecule has 0 bridgehead atoms. The Kier molecular flexibility index (Phi) is 4.89. The molecule has 1 atom stereocenters. The van der Waals surface area contributed by atoms with Crippen LogP contribution in [-0.4, -0.2) is 35.4 Å². The first-order chi connectivity index (χ1) is 8.76. The number of likely N-dealkylation sites (N-methyl/N-ethyl adjacent to an activating group) is 1. The molecule has 1 aromatic carbocycles. The van der Waals surface area contributed by atoms with Crippen LogP contribution in [0.25, 0.3) is 0 Å². The monoisotopic (exact) mass is 269 g/mol. The number of hydrogen-bond acceptors (Lipinski definition) is 3. The summed E-state index contributed by atoms with van der Waals surface area (Å²) < 4.78 is 18.9. The maximum Gasteiger partial charge on any atom is 0.410 e. The SMILES string of the molecule is CN(C(=O)OC(C)(C)C)C(CO)c1ccccc1F. The summed E-state index contributed by atoms with van der Waals surface area (Å²) in [5.74, 6) is -0.461. The minimum atomic E-state index is -0.768. The minimum Gasteiger partial charge on any atom is -0.444 e. The Hall–Kier alpha value is -1.62. The first-order valence-electron chi connectivity index (χ1n) is 6.07. The highest BCUT2D eigenvalue weighted by atomic mass is 19.1. The van der Waals surface area contributed by atoms with Crippen molar-refractivity contribution in [2.24, 2.45) is 0 Å². The van der Waals surface area contributed by atoms with Crippen LogP contribution in [0.2, 0.25) is 0 Å². The summed E-state index contributed by atoms with van der Waals surface area (Å²) in [4.78, 5) is 13.1. The fourth-order valence-electron chi connectivity index (χ4n) is 1.64. The first-order valence-corrected chi connectivity index (χ1v) is 6.07. The summed E-state index contributed by atoms with van der Waals surface area (Å²) in [7, 11) is 1.47. The third-order valence-corrected chi connectivity index (χ3v) is 2.59. The maximum atomic E-state index is 13.7. The molecule has 1 unspecified atom stereocenters. The zero-order chi connectivity index (χ0) is 14.6. The molecular weight excluding hydrogens is 249 g/mol. The van der Waals surface area contributed by atoms with Gasteiger partial charge in [-0.25, -0.2) is 9.18 Å². The molecule has 1 N–H and O–H groups in total. The van der Waals surface area contributed by atoms with Gasteiger partial charge in [-0.2, -0.15) is 0 Å². The van der Waals surface area contributed by atoms with E-state index in [1.807, 2.05) is 0 Å². The lowest BCUT2D eigenvalue weighted by molar-refractivity contribution is 0.0155. The van der Waals surface area contributed by atoms with E-state index in [-0.39, 0.29) is 12.2 Å². The summed E-state index contributed by atoms with van der Waals surface area (Å²) in [6.45, 7) is 4.86. The Morgan fingerprint density at radius 2 is 2.00 bits per heavy atom. The number of rotatable bonds is 3. The van der Waals surface area contributed by atoms with Gasteiger partial charge in [0.25, 0.3) is 0 Å². The van der Waals surface area contributed by atoms with Gasteiger partial charge in [0.2, 0.25) is 0 Å². The predicted octanol–water partition coefficient (Wildman–Crippen LogP) is 2.73. The van der Waals surface area contributed by atoms with Crippen molar-refractivity contribution in [3.63, 3.8) is 0 Å². The second-order valence-electron chi connectivity index (χ2n) is 5.31. The van der Waals surface area contributed by atoms with Crippen molar-refractivity contribution in [2.45, 2.75) is 32.4 Å². The predicted molar refractivity (Wildman–Crippen MR) is 70.2 cm³/mol. The lowest BCUT2D eigenvalue weighted by Gasteiger charge is -2.30. The van der Waals surface area contributed by atoms with Gasteiger partial charge >= 0.3 is 6.09 Å². The van der Waals surface area contributed by atoms with E-state index in [9.17, 15) is 14.3 Å². The van der Waals surface area contributed by atoms with Crippen molar-refractivity contribution >= 4 is 6.09 Å². The second kappa shape index (κ2) is 6.02. The van der Waals surface area contributed by atoms with E-state index >= 15 is 0 Å². The van der Waals surface area contributed by atoms with Crippen LogP contribution in [0.1, 0.15) is 32.4 Å². The molecule has 5 heteroatoms. The Balaban J connectivity index is 2.92. The van der Waals surface area contributed by atoms with Gasteiger partial charge in [-0.15, -0.1) is 0 Å². The number of hydrogen-bond donors (Lipinski definition) is 1. The van der Waals surface area contributed by atoms with Crippen LogP contribution in [0.4, 0.5) is 9.18 Å². The molecule has 0 saturated carbocycles. The normalized spacial score (nSPS) is 12.9. The van der Waals surface area contributed by atoms with E-state index in [1.54, 1.807) is 32.9 Å². The zero-order valence-corrected chi connectivity index (χ0v) is 11.7. The van der Waals surface area contributed by atoms with E-state index in [0.717, 1.165) is 0 Å². The van der Waals surface area contributed by atoms with Gasteiger partial charge in [0.15, 0.2) is 0 Å². The largest absolute Gasteiger partial charge is 0.444 e. The Morgan fingerprint density at radius 1 is 1.42 bits per heavy atom. The highest BCUT2D eigenvalue weighted by Gasteiger charge is 2.27. The molecule has 4 nitrogen and oxygen atoms in total. The summed E-state index contributed by atoms with van der Waals surface area (Å²) in [6.07, 6.45) is -0.602. The number of benzene rings is 1. The molecule has 0 aliphatic carbocycles. The molecule has 0 aliphatic heterocycles. The van der Waals surface area contributed by atoms with Gasteiger partial charge in [0, 0.05) is 12.6 Å². The molecule has 0 aliphatic rings. The lowest BCUT2D eigenvalue weighted by atomic mass is 10.1. The molecule has 0 heterocycles. The summed E-state index contributed by atoms with van der Waals surface area (Å²) >= 11 is 0. The number of halogens is 1. The van der Waals surface area contributed by atoms with E-state index in [4.69, 9.17) is 4.74 Å². The van der Waals surface area contributed by atoms with Crippen molar-refractivity contribution in [1.82, 2.24) is 4.90 Å². The summed E-state index contributed by atoms with van der Waals surface area (Å²) in [6, 6.07) is 5.28. The third kappa shape index (κ3) is 4.21. The van der Waals surface area contributed by atoms with Gasteiger partial charge < -0.3 is 14.7 Å². The highest BCUT2D eigenvalue weighted by Crippen LogP contribution is 2.23. The quantitative estimate of drug-likeness (QED) is 0.918. The second-order valence-corrected chi connectivity index (χ2v) is 5.31. The van der Waals surface area contributed by atoms with Gasteiger partial charge in [0.1, 0.15) is 11.4 Å². The van der Waals surface area contributed by atoms with E-state index < -0.39 is 23.6 Å². The Bertz CT molecular complexity index is 443. The number of aliphatic hydroxyl groups is 1. The van der Waals surface area contributed by atoms with Crippen molar-refractivity contribution in [1.29, 1.82) is 0 Å². The van der Waals surface area contributed by atoms with E-state index in [0.29, 0.717) is 0 Å². The topological polar surface area (TPSA) is 49.8 Å². The maximum absolute atomic E-state index is 13.7. The smallest absolute Gasteiger partial charge is 0.410 e. The lowest BCUT2D eigenvalue weighted by Crippen LogP contribution is -2.38. The van der Waals surface area contributed by atoms with Crippen molar-refractivity contribution < 1.29 is 19.0 Å². The van der Waals surface area contributed by atoms with Gasteiger partial charge in [-0.1, -0.05) is 18.2 Å². The van der Waals surface area contributed by atoms with Crippen LogP contribution in [-0.2, 0) is 4.74 Å². The van der Waals surface area contributed by atoms with E-state index in [1.165, 1.54) is 24.1 Å². The van der Waals surface area contributed by atoms with Crippen LogP contribution in [0.3, 0.4) is 0 Å².